The molecule has 2 heteroatoms. The third kappa shape index (κ3) is 5.49. The van der Waals surface area contributed by atoms with Crippen molar-refractivity contribution in [2.45, 2.75) is 58.9 Å². The Morgan fingerprint density at radius 1 is 0.719 bits per heavy atom. The highest BCUT2D eigenvalue weighted by molar-refractivity contribution is 6.83. The van der Waals surface area contributed by atoms with E-state index in [1.807, 2.05) is 0 Å². The van der Waals surface area contributed by atoms with Gasteiger partial charge in [0.25, 0.3) is 0 Å². The first-order valence-electron chi connectivity index (χ1n) is 11.9. The van der Waals surface area contributed by atoms with Gasteiger partial charge < -0.3 is 4.98 Å². The number of fused-ring (bicyclic) bond motifs is 1. The molecule has 166 valence electrons. The maximum absolute atomic E-state index is 4.18. The first-order chi connectivity index (χ1) is 15.2. The molecule has 0 radical (unpaired) electrons. The molecule has 4 rings (SSSR count). The smallest absolute Gasteiger partial charge is 0.173 e. The molecular weight excluding hydrogens is 402 g/mol. The molecule has 0 saturated heterocycles. The standard InChI is InChI=1S/C30H37NSi/c1-29(2,3)21-24-20-23-14-12-13-19-27(23)28(24)22-30(4,5)31-32(25-15-8-6-9-16-25)26-17-10-7-11-18-26/h6-20,28,31-32H,21-22H2,1-5H3. The number of nitrogens with one attached hydrogen (secondary N) is 1. The maximum atomic E-state index is 4.18. The number of benzene rings is 3. The summed E-state index contributed by atoms with van der Waals surface area (Å²) in [6.45, 7) is 11.9. The minimum atomic E-state index is -1.55. The van der Waals surface area contributed by atoms with E-state index in [9.17, 15) is 0 Å². The van der Waals surface area contributed by atoms with Gasteiger partial charge in [0.15, 0.2) is 8.96 Å². The molecular formula is C30H37NSi. The molecule has 0 bridgehead atoms. The Hall–Kier alpha value is -2.42. The largest absolute Gasteiger partial charge is 0.328 e. The Labute approximate surface area is 196 Å². The van der Waals surface area contributed by atoms with Crippen molar-refractivity contribution in [3.05, 3.63) is 102 Å². The van der Waals surface area contributed by atoms with Crippen LogP contribution in [0.2, 0.25) is 0 Å². The van der Waals surface area contributed by atoms with E-state index in [0.717, 1.165) is 12.8 Å². The summed E-state index contributed by atoms with van der Waals surface area (Å²) in [6, 6.07) is 31.1. The summed E-state index contributed by atoms with van der Waals surface area (Å²) in [4.78, 5) is 4.18. The van der Waals surface area contributed by atoms with Gasteiger partial charge in [-0.15, -0.1) is 0 Å². The average molecular weight is 440 g/mol. The molecule has 3 aromatic carbocycles. The van der Waals surface area contributed by atoms with Gasteiger partial charge >= 0.3 is 0 Å². The lowest BCUT2D eigenvalue weighted by Gasteiger charge is -2.36. The zero-order valence-corrected chi connectivity index (χ0v) is 21.4. The van der Waals surface area contributed by atoms with Gasteiger partial charge in [0.1, 0.15) is 0 Å². The third-order valence-electron chi connectivity index (χ3n) is 6.41. The van der Waals surface area contributed by atoms with Gasteiger partial charge in [0.2, 0.25) is 0 Å². The van der Waals surface area contributed by atoms with Crippen LogP contribution in [0, 0.1) is 5.41 Å². The van der Waals surface area contributed by atoms with Gasteiger partial charge in [-0.1, -0.05) is 117 Å². The highest BCUT2D eigenvalue weighted by Gasteiger charge is 2.34. The van der Waals surface area contributed by atoms with Crippen LogP contribution in [-0.4, -0.2) is 14.5 Å². The zero-order valence-electron chi connectivity index (χ0n) is 20.2. The molecule has 0 aromatic heterocycles. The summed E-state index contributed by atoms with van der Waals surface area (Å²) >= 11 is 0. The first kappa shape index (κ1) is 22.8. The van der Waals surface area contributed by atoms with Crippen molar-refractivity contribution in [2.24, 2.45) is 5.41 Å². The maximum Gasteiger partial charge on any atom is 0.173 e. The van der Waals surface area contributed by atoms with Crippen LogP contribution < -0.4 is 15.4 Å². The summed E-state index contributed by atoms with van der Waals surface area (Å²) in [5, 5.41) is 2.90. The second kappa shape index (κ2) is 9.21. The second-order valence-electron chi connectivity index (χ2n) is 11.1. The summed E-state index contributed by atoms with van der Waals surface area (Å²) in [7, 11) is -1.55. The molecule has 0 aliphatic heterocycles. The van der Waals surface area contributed by atoms with Gasteiger partial charge in [-0.3, -0.25) is 0 Å². The molecule has 0 fully saturated rings. The molecule has 32 heavy (non-hydrogen) atoms. The lowest BCUT2D eigenvalue weighted by molar-refractivity contribution is 0.370. The van der Waals surface area contributed by atoms with Crippen LogP contribution >= 0.6 is 0 Å². The van der Waals surface area contributed by atoms with Crippen LogP contribution in [0.1, 0.15) is 64.5 Å². The monoisotopic (exact) mass is 439 g/mol. The Morgan fingerprint density at radius 2 is 1.25 bits per heavy atom. The van der Waals surface area contributed by atoms with Crippen LogP contribution in [0.25, 0.3) is 6.08 Å². The van der Waals surface area contributed by atoms with Crippen LogP contribution in [0.4, 0.5) is 0 Å². The van der Waals surface area contributed by atoms with E-state index in [1.165, 1.54) is 21.5 Å². The first-order valence-corrected chi connectivity index (χ1v) is 13.6. The van der Waals surface area contributed by atoms with E-state index in [2.05, 4.69) is 131 Å². The summed E-state index contributed by atoms with van der Waals surface area (Å²) in [5.41, 5.74) is 4.80. The summed E-state index contributed by atoms with van der Waals surface area (Å²) in [6.07, 6.45) is 4.71. The number of hydrogen-bond donors (Lipinski definition) is 1. The van der Waals surface area contributed by atoms with Crippen molar-refractivity contribution in [1.29, 1.82) is 0 Å². The Bertz CT molecular complexity index is 1020. The second-order valence-corrected chi connectivity index (χ2v) is 13.6. The van der Waals surface area contributed by atoms with Gasteiger partial charge in [-0.05, 0) is 53.6 Å². The fourth-order valence-corrected chi connectivity index (χ4v) is 7.93. The van der Waals surface area contributed by atoms with Crippen molar-refractivity contribution in [2.75, 3.05) is 0 Å². The van der Waals surface area contributed by atoms with E-state index in [1.54, 1.807) is 5.57 Å². The van der Waals surface area contributed by atoms with E-state index in [0.29, 0.717) is 5.92 Å². The molecule has 0 heterocycles. The SMILES string of the molecule is CC(C)(C)CC1=Cc2ccccc2C1CC(C)(C)N[SiH](c1ccccc1)c1ccccc1. The lowest BCUT2D eigenvalue weighted by atomic mass is 9.78. The van der Waals surface area contributed by atoms with Gasteiger partial charge in [-0.2, -0.15) is 0 Å². The summed E-state index contributed by atoms with van der Waals surface area (Å²) < 4.78 is 0. The van der Waals surface area contributed by atoms with E-state index < -0.39 is 8.96 Å². The van der Waals surface area contributed by atoms with E-state index in [-0.39, 0.29) is 11.0 Å². The lowest BCUT2D eigenvalue weighted by Crippen LogP contribution is -2.61. The fraction of sp³-hybridized carbons (Fsp3) is 0.333. The molecule has 1 aliphatic carbocycles. The van der Waals surface area contributed by atoms with Gasteiger partial charge in [0, 0.05) is 11.5 Å². The predicted molar refractivity (Wildman–Crippen MR) is 142 cm³/mol. The van der Waals surface area contributed by atoms with Crippen LogP contribution in [0.3, 0.4) is 0 Å². The van der Waals surface area contributed by atoms with Crippen LogP contribution in [0.5, 0.6) is 0 Å². The minimum Gasteiger partial charge on any atom is -0.328 e. The van der Waals surface area contributed by atoms with Gasteiger partial charge in [-0.25, -0.2) is 0 Å². The molecule has 0 saturated carbocycles. The van der Waals surface area contributed by atoms with Crippen molar-refractivity contribution in [3.63, 3.8) is 0 Å². The van der Waals surface area contributed by atoms with Gasteiger partial charge in [0.05, 0.1) is 0 Å². The normalized spacial score (nSPS) is 16.2. The molecule has 0 spiro atoms. The van der Waals surface area contributed by atoms with E-state index in [4.69, 9.17) is 0 Å². The molecule has 1 N–H and O–H groups in total. The highest BCUT2D eigenvalue weighted by Crippen LogP contribution is 2.45. The zero-order chi connectivity index (χ0) is 22.8. The fourth-order valence-electron chi connectivity index (χ4n) is 5.10. The average Bonchev–Trinajstić information content (AvgIpc) is 3.08. The van der Waals surface area contributed by atoms with E-state index >= 15 is 0 Å². The Kier molecular flexibility index (Phi) is 6.55. The molecule has 3 aromatic rings. The highest BCUT2D eigenvalue weighted by atomic mass is 28.3. The van der Waals surface area contributed by atoms with Crippen molar-refractivity contribution < 1.29 is 0 Å². The third-order valence-corrected chi connectivity index (χ3v) is 9.58. The molecule has 0 amide bonds. The Morgan fingerprint density at radius 3 is 1.81 bits per heavy atom. The molecule has 1 aliphatic rings. The molecule has 1 unspecified atom stereocenters. The Balaban J connectivity index is 1.62. The molecule has 1 nitrogen and oxygen atoms in total. The van der Waals surface area contributed by atoms with Crippen LogP contribution in [-0.2, 0) is 0 Å². The van der Waals surface area contributed by atoms with Crippen molar-refractivity contribution >= 4 is 25.4 Å². The number of rotatable bonds is 7. The minimum absolute atomic E-state index is 0.0155. The predicted octanol–water partition coefficient (Wildman–Crippen LogP) is 5.90. The van der Waals surface area contributed by atoms with Crippen LogP contribution in [0.15, 0.2) is 90.5 Å². The number of hydrogen-bond acceptors (Lipinski definition) is 1. The summed E-state index contributed by atoms with van der Waals surface area (Å²) in [5.74, 6) is 0.481. The van der Waals surface area contributed by atoms with Crippen molar-refractivity contribution in [3.8, 4) is 0 Å². The quantitative estimate of drug-likeness (QED) is 0.452. The molecule has 1 atom stereocenters. The van der Waals surface area contributed by atoms with Crippen molar-refractivity contribution in [1.82, 2.24) is 4.98 Å². The topological polar surface area (TPSA) is 12.0 Å². The number of allylic oxidation sites excluding steroid dienone is 1.